The molecule has 2 aliphatic heterocycles. The van der Waals surface area contributed by atoms with Crippen LogP contribution in [0, 0.1) is 10.1 Å². The van der Waals surface area contributed by atoms with Gasteiger partial charge in [-0.05, 0) is 24.3 Å². The summed E-state index contributed by atoms with van der Waals surface area (Å²) in [6, 6.07) is 9.42. The summed E-state index contributed by atoms with van der Waals surface area (Å²) in [6.07, 6.45) is 1.12. The molecule has 0 N–H and O–H groups in total. The van der Waals surface area contributed by atoms with Crippen LogP contribution in [0.4, 0.5) is 16.5 Å². The zero-order valence-corrected chi connectivity index (χ0v) is 24.3. The van der Waals surface area contributed by atoms with E-state index in [2.05, 4.69) is 9.88 Å². The maximum absolute atomic E-state index is 13.9. The maximum atomic E-state index is 13.9. The van der Waals surface area contributed by atoms with Crippen molar-refractivity contribution in [3.8, 4) is 0 Å². The van der Waals surface area contributed by atoms with Crippen LogP contribution in [0.5, 0.6) is 0 Å². The van der Waals surface area contributed by atoms with Gasteiger partial charge in [-0.1, -0.05) is 17.4 Å². The van der Waals surface area contributed by atoms with Gasteiger partial charge in [0.1, 0.15) is 11.2 Å². The quantitative estimate of drug-likeness (QED) is 0.276. The Bertz CT molecular complexity index is 1490. The molecule has 2 aromatic carbocycles. The number of fused-ring (bicyclic) bond motifs is 1. The van der Waals surface area contributed by atoms with Gasteiger partial charge in [-0.15, -0.1) is 12.4 Å². The van der Waals surface area contributed by atoms with Gasteiger partial charge in [0.25, 0.3) is 11.6 Å². The second-order valence-corrected chi connectivity index (χ2v) is 12.3. The Morgan fingerprint density at radius 3 is 2.42 bits per heavy atom. The summed E-state index contributed by atoms with van der Waals surface area (Å²) in [6.45, 7) is 5.44. The molecule has 15 heteroatoms. The molecule has 5 rings (SSSR count). The highest BCUT2D eigenvalue weighted by molar-refractivity contribution is 7.91. The second kappa shape index (κ2) is 12.7. The fourth-order valence-corrected chi connectivity index (χ4v) is 6.62. The van der Waals surface area contributed by atoms with E-state index in [1.807, 2.05) is 4.90 Å². The number of ether oxygens (including phenoxy) is 2. The lowest BCUT2D eigenvalue weighted by Gasteiger charge is -2.30. The number of nitrogens with zero attached hydrogens (tertiary/aromatic N) is 5. The number of amides is 1. The molecule has 1 aromatic heterocycles. The second-order valence-electron chi connectivity index (χ2n) is 9.34. The Labute approximate surface area is 241 Å². The molecule has 2 fully saturated rings. The van der Waals surface area contributed by atoms with Crippen LogP contribution in [0.15, 0.2) is 41.3 Å². The number of carbonyl (C=O) groups is 1. The van der Waals surface area contributed by atoms with Gasteiger partial charge < -0.3 is 14.4 Å². The van der Waals surface area contributed by atoms with E-state index >= 15 is 0 Å². The summed E-state index contributed by atoms with van der Waals surface area (Å²) in [5.41, 5.74) is 0.748. The van der Waals surface area contributed by atoms with Crippen LogP contribution < -0.4 is 9.80 Å². The number of halogens is 1. The molecule has 0 saturated carbocycles. The molecule has 3 aromatic rings. The topological polar surface area (TPSA) is 135 Å². The highest BCUT2D eigenvalue weighted by Crippen LogP contribution is 2.35. The summed E-state index contributed by atoms with van der Waals surface area (Å²) in [5.74, 6) is -0.445. The third-order valence-corrected chi connectivity index (χ3v) is 8.93. The molecule has 0 unspecified atom stereocenters. The number of hydrogen-bond donors (Lipinski definition) is 0. The van der Waals surface area contributed by atoms with Gasteiger partial charge in [0.05, 0.1) is 40.9 Å². The van der Waals surface area contributed by atoms with Gasteiger partial charge in [0, 0.05) is 57.2 Å². The molecule has 40 heavy (non-hydrogen) atoms. The van der Waals surface area contributed by atoms with E-state index in [1.165, 1.54) is 28.4 Å². The van der Waals surface area contributed by atoms with Gasteiger partial charge in [-0.25, -0.2) is 13.4 Å². The molecule has 3 heterocycles. The monoisotopic (exact) mass is 611 g/mol. The first-order valence-electron chi connectivity index (χ1n) is 12.5. The van der Waals surface area contributed by atoms with Crippen LogP contribution in [-0.2, 0) is 19.3 Å². The lowest BCUT2D eigenvalue weighted by molar-refractivity contribution is -0.384. The number of benzene rings is 2. The smallest absolute Gasteiger partial charge is 0.293 e. The fraction of sp³-hybridized carbons (Fsp3) is 0.440. The van der Waals surface area contributed by atoms with Crippen molar-refractivity contribution in [3.05, 3.63) is 52.1 Å². The number of anilines is 2. The van der Waals surface area contributed by atoms with Crippen LogP contribution in [0.25, 0.3) is 10.2 Å². The first-order chi connectivity index (χ1) is 18.7. The van der Waals surface area contributed by atoms with Crippen molar-refractivity contribution in [2.24, 2.45) is 0 Å². The molecule has 0 aliphatic carbocycles. The zero-order valence-electron chi connectivity index (χ0n) is 21.9. The first-order valence-corrected chi connectivity index (χ1v) is 15.3. The van der Waals surface area contributed by atoms with Gasteiger partial charge in [0.2, 0.25) is 0 Å². The number of para-hydroxylation sites is 1. The molecular formula is C25H30ClN5O7S2. The summed E-state index contributed by atoms with van der Waals surface area (Å²) in [5, 5.41) is 12.3. The Morgan fingerprint density at radius 1 is 1.10 bits per heavy atom. The third-order valence-electron chi connectivity index (χ3n) is 6.76. The van der Waals surface area contributed by atoms with E-state index in [0.29, 0.717) is 67.1 Å². The zero-order chi connectivity index (χ0) is 27.6. The van der Waals surface area contributed by atoms with E-state index in [0.717, 1.165) is 19.3 Å². The normalized spacial score (nSPS) is 16.5. The lowest BCUT2D eigenvalue weighted by Crippen LogP contribution is -2.43. The summed E-state index contributed by atoms with van der Waals surface area (Å²) in [4.78, 5) is 35.6. The van der Waals surface area contributed by atoms with Crippen LogP contribution >= 0.6 is 23.7 Å². The molecule has 0 spiro atoms. The average Bonchev–Trinajstić information content (AvgIpc) is 3.37. The number of sulfone groups is 1. The highest BCUT2D eigenvalue weighted by atomic mass is 35.5. The third kappa shape index (κ3) is 6.53. The Balaban J connectivity index is 0.00000370. The van der Waals surface area contributed by atoms with Crippen molar-refractivity contribution >= 4 is 66.2 Å². The number of hydrogen-bond acceptors (Lipinski definition) is 11. The highest BCUT2D eigenvalue weighted by Gasteiger charge is 2.28. The molecule has 2 saturated heterocycles. The summed E-state index contributed by atoms with van der Waals surface area (Å²) >= 11 is 1.21. The summed E-state index contributed by atoms with van der Waals surface area (Å²) < 4.78 is 36.2. The number of thiazole rings is 1. The molecule has 1 amide bonds. The first kappa shape index (κ1) is 30.1. The van der Waals surface area contributed by atoms with Crippen LogP contribution in [0.2, 0.25) is 0 Å². The minimum atomic E-state index is -3.54. The van der Waals surface area contributed by atoms with E-state index < -0.39 is 20.7 Å². The van der Waals surface area contributed by atoms with E-state index in [-0.39, 0.29) is 35.1 Å². The van der Waals surface area contributed by atoms with Crippen LogP contribution in [0.3, 0.4) is 0 Å². The average molecular weight is 612 g/mol. The Kier molecular flexibility index (Phi) is 9.59. The molecule has 216 valence electrons. The van der Waals surface area contributed by atoms with Crippen molar-refractivity contribution in [1.29, 1.82) is 0 Å². The number of nitro benzene ring substituents is 1. The molecule has 12 nitrogen and oxygen atoms in total. The number of nitro groups is 1. The Hall–Kier alpha value is -2.88. The molecule has 0 atom stereocenters. The van der Waals surface area contributed by atoms with Gasteiger partial charge >= 0.3 is 0 Å². The number of rotatable bonds is 8. The molecule has 0 bridgehead atoms. The largest absolute Gasteiger partial charge is 0.379 e. The minimum Gasteiger partial charge on any atom is -0.379 e. The molecule has 0 radical (unpaired) electrons. The van der Waals surface area contributed by atoms with E-state index in [9.17, 15) is 23.3 Å². The van der Waals surface area contributed by atoms with Gasteiger partial charge in [-0.2, -0.15) is 0 Å². The number of morpholine rings is 2. The SMILES string of the molecule is CS(=O)(=O)c1cccc2sc(N(CCN3CCOCC3)C(=O)c3ccc(N4CCOCC4)c([N+](=O)[O-])c3)nc12.Cl. The predicted molar refractivity (Wildman–Crippen MR) is 155 cm³/mol. The predicted octanol–water partition coefficient (Wildman–Crippen LogP) is 2.85. The van der Waals surface area contributed by atoms with E-state index in [1.54, 1.807) is 24.3 Å². The summed E-state index contributed by atoms with van der Waals surface area (Å²) in [7, 11) is -3.54. The van der Waals surface area contributed by atoms with Crippen molar-refractivity contribution < 1.29 is 27.6 Å². The molecule has 2 aliphatic rings. The van der Waals surface area contributed by atoms with Crippen molar-refractivity contribution in [1.82, 2.24) is 9.88 Å². The van der Waals surface area contributed by atoms with Crippen molar-refractivity contribution in [2.45, 2.75) is 4.90 Å². The maximum Gasteiger partial charge on any atom is 0.293 e. The van der Waals surface area contributed by atoms with Gasteiger partial charge in [-0.3, -0.25) is 24.7 Å². The van der Waals surface area contributed by atoms with Crippen LogP contribution in [-0.4, -0.2) is 101 Å². The van der Waals surface area contributed by atoms with Crippen LogP contribution in [0.1, 0.15) is 10.4 Å². The van der Waals surface area contributed by atoms with Crippen molar-refractivity contribution in [3.63, 3.8) is 0 Å². The van der Waals surface area contributed by atoms with E-state index in [4.69, 9.17) is 9.47 Å². The van der Waals surface area contributed by atoms with Gasteiger partial charge in [0.15, 0.2) is 15.0 Å². The van der Waals surface area contributed by atoms with Crippen molar-refractivity contribution in [2.75, 3.05) is 81.8 Å². The fourth-order valence-electron chi connectivity index (χ4n) is 4.71. The molecular weight excluding hydrogens is 582 g/mol. The Morgan fingerprint density at radius 2 is 1.77 bits per heavy atom. The standard InChI is InChI=1S/C25H29N5O7S2.ClH/c1-39(34,35)22-4-2-3-21-23(22)26-25(38-21)29(8-7-27-9-13-36-14-10-27)24(31)18-5-6-19(20(17-18)30(32)33)28-11-15-37-16-12-28;/h2-6,17H,7-16H2,1H3;1H. The number of carbonyl (C=O) groups excluding carboxylic acids is 1. The number of aromatic nitrogens is 1. The lowest BCUT2D eigenvalue weighted by atomic mass is 10.1. The minimum absolute atomic E-state index is 0.